The highest BCUT2D eigenvalue weighted by Crippen LogP contribution is 2.38. The molecule has 0 aliphatic carbocycles. The lowest BCUT2D eigenvalue weighted by atomic mass is 10.0. The Morgan fingerprint density at radius 1 is 1.45 bits per heavy atom. The quantitative estimate of drug-likeness (QED) is 0.856. The van der Waals surface area contributed by atoms with Crippen LogP contribution in [0.15, 0.2) is 12.1 Å². The van der Waals surface area contributed by atoms with Crippen LogP contribution in [0.5, 0.6) is 17.2 Å². The molecule has 2 heterocycles. The van der Waals surface area contributed by atoms with Gasteiger partial charge in [0, 0.05) is 17.7 Å². The Morgan fingerprint density at radius 3 is 2.91 bits per heavy atom. The van der Waals surface area contributed by atoms with E-state index >= 15 is 0 Å². The average molecular weight is 306 g/mol. The SMILES string of the molecule is COc1cc2c(cc1CC(C)NC(=O)C1CCCN1)OCO2. The van der Waals surface area contributed by atoms with Crippen LogP contribution < -0.4 is 24.8 Å². The van der Waals surface area contributed by atoms with Crippen molar-refractivity contribution in [1.82, 2.24) is 10.6 Å². The molecule has 0 saturated carbocycles. The summed E-state index contributed by atoms with van der Waals surface area (Å²) in [5.74, 6) is 2.26. The Morgan fingerprint density at radius 2 is 2.23 bits per heavy atom. The van der Waals surface area contributed by atoms with Crippen LogP contribution in [-0.4, -0.2) is 38.4 Å². The number of carbonyl (C=O) groups excluding carboxylic acids is 1. The van der Waals surface area contributed by atoms with Gasteiger partial charge < -0.3 is 24.8 Å². The minimum absolute atomic E-state index is 0.0178. The number of carbonyl (C=O) groups is 1. The molecule has 0 spiro atoms. The van der Waals surface area contributed by atoms with Gasteiger partial charge in [-0.15, -0.1) is 0 Å². The van der Waals surface area contributed by atoms with Gasteiger partial charge in [-0.3, -0.25) is 4.79 Å². The van der Waals surface area contributed by atoms with E-state index in [9.17, 15) is 4.79 Å². The maximum atomic E-state index is 12.1. The van der Waals surface area contributed by atoms with E-state index < -0.39 is 0 Å². The second-order valence-corrected chi connectivity index (χ2v) is 5.78. The maximum absolute atomic E-state index is 12.1. The zero-order valence-corrected chi connectivity index (χ0v) is 13.0. The molecule has 6 nitrogen and oxygen atoms in total. The molecule has 1 aromatic rings. The predicted octanol–water partition coefficient (Wildman–Crippen LogP) is 1.22. The summed E-state index contributed by atoms with van der Waals surface area (Å²) in [7, 11) is 1.63. The highest BCUT2D eigenvalue weighted by Gasteiger charge is 2.24. The summed E-state index contributed by atoms with van der Waals surface area (Å²) < 4.78 is 16.2. The van der Waals surface area contributed by atoms with Gasteiger partial charge in [-0.05, 0) is 38.8 Å². The lowest BCUT2D eigenvalue weighted by Crippen LogP contribution is -2.44. The van der Waals surface area contributed by atoms with Crippen molar-refractivity contribution in [1.29, 1.82) is 0 Å². The standard InChI is InChI=1S/C16H22N2O4/c1-10(18-16(19)12-4-3-5-17-12)6-11-7-14-15(22-9-21-14)8-13(11)20-2/h7-8,10,12,17H,3-6,9H2,1-2H3,(H,18,19). The molecule has 2 atom stereocenters. The van der Waals surface area contributed by atoms with Crippen molar-refractivity contribution in [3.63, 3.8) is 0 Å². The van der Waals surface area contributed by atoms with Crippen molar-refractivity contribution in [2.45, 2.75) is 38.3 Å². The number of rotatable bonds is 5. The molecular formula is C16H22N2O4. The fraction of sp³-hybridized carbons (Fsp3) is 0.562. The summed E-state index contributed by atoms with van der Waals surface area (Å²) in [6.45, 7) is 3.15. The number of benzene rings is 1. The van der Waals surface area contributed by atoms with Crippen LogP contribution in [0.3, 0.4) is 0 Å². The average Bonchev–Trinajstić information content (AvgIpc) is 3.17. The summed E-state index contributed by atoms with van der Waals surface area (Å²) in [4.78, 5) is 12.1. The topological polar surface area (TPSA) is 68.8 Å². The van der Waals surface area contributed by atoms with Gasteiger partial charge in [-0.1, -0.05) is 0 Å². The summed E-state index contributed by atoms with van der Waals surface area (Å²) in [5.41, 5.74) is 0.999. The van der Waals surface area contributed by atoms with Crippen molar-refractivity contribution in [2.24, 2.45) is 0 Å². The van der Waals surface area contributed by atoms with Gasteiger partial charge in [0.1, 0.15) is 5.75 Å². The highest BCUT2D eigenvalue weighted by molar-refractivity contribution is 5.82. The maximum Gasteiger partial charge on any atom is 0.237 e. The van der Waals surface area contributed by atoms with E-state index in [0.29, 0.717) is 12.2 Å². The zero-order chi connectivity index (χ0) is 15.5. The van der Waals surface area contributed by atoms with Crippen molar-refractivity contribution in [3.05, 3.63) is 17.7 Å². The van der Waals surface area contributed by atoms with E-state index in [1.54, 1.807) is 7.11 Å². The van der Waals surface area contributed by atoms with Crippen LogP contribution >= 0.6 is 0 Å². The lowest BCUT2D eigenvalue weighted by molar-refractivity contribution is -0.123. The van der Waals surface area contributed by atoms with Gasteiger partial charge in [-0.25, -0.2) is 0 Å². The third-order valence-corrected chi connectivity index (χ3v) is 4.07. The molecule has 0 bridgehead atoms. The molecule has 1 fully saturated rings. The number of methoxy groups -OCH3 is 1. The molecule has 2 aliphatic heterocycles. The van der Waals surface area contributed by atoms with E-state index in [1.165, 1.54) is 0 Å². The van der Waals surface area contributed by atoms with Crippen LogP contribution in [0.4, 0.5) is 0 Å². The van der Waals surface area contributed by atoms with E-state index in [1.807, 2.05) is 19.1 Å². The third kappa shape index (κ3) is 3.11. The smallest absolute Gasteiger partial charge is 0.237 e. The third-order valence-electron chi connectivity index (χ3n) is 4.07. The second-order valence-electron chi connectivity index (χ2n) is 5.78. The first kappa shape index (κ1) is 15.0. The number of ether oxygens (including phenoxy) is 3. The van der Waals surface area contributed by atoms with Crippen LogP contribution in [0.2, 0.25) is 0 Å². The summed E-state index contributed by atoms with van der Waals surface area (Å²) in [6, 6.07) is 3.73. The number of hydrogen-bond donors (Lipinski definition) is 2. The largest absolute Gasteiger partial charge is 0.496 e. The normalized spacial score (nSPS) is 20.7. The second kappa shape index (κ2) is 6.44. The fourth-order valence-corrected chi connectivity index (χ4v) is 2.95. The summed E-state index contributed by atoms with van der Waals surface area (Å²) in [5, 5.41) is 6.27. The molecule has 2 aliphatic rings. The Balaban J connectivity index is 1.65. The van der Waals surface area contributed by atoms with E-state index in [2.05, 4.69) is 10.6 Å². The van der Waals surface area contributed by atoms with Crippen LogP contribution in [0.1, 0.15) is 25.3 Å². The van der Waals surface area contributed by atoms with Gasteiger partial charge in [0.25, 0.3) is 0 Å². The van der Waals surface area contributed by atoms with Crippen LogP contribution in [0, 0.1) is 0 Å². The van der Waals surface area contributed by atoms with Crippen molar-refractivity contribution < 1.29 is 19.0 Å². The Kier molecular flexibility index (Phi) is 4.38. The number of fused-ring (bicyclic) bond motifs is 1. The minimum atomic E-state index is -0.0545. The molecule has 1 saturated heterocycles. The van der Waals surface area contributed by atoms with Crippen LogP contribution in [0.25, 0.3) is 0 Å². The zero-order valence-electron chi connectivity index (χ0n) is 13.0. The molecule has 0 aromatic heterocycles. The molecule has 0 radical (unpaired) electrons. The first-order valence-electron chi connectivity index (χ1n) is 7.67. The van der Waals surface area contributed by atoms with E-state index in [-0.39, 0.29) is 24.8 Å². The first-order chi connectivity index (χ1) is 10.7. The molecule has 3 rings (SSSR count). The molecule has 120 valence electrons. The Labute approximate surface area is 130 Å². The molecule has 22 heavy (non-hydrogen) atoms. The van der Waals surface area contributed by atoms with Crippen molar-refractivity contribution in [2.75, 3.05) is 20.4 Å². The Hall–Kier alpha value is -1.95. The molecule has 2 N–H and O–H groups in total. The van der Waals surface area contributed by atoms with Crippen LogP contribution in [-0.2, 0) is 11.2 Å². The minimum Gasteiger partial charge on any atom is -0.496 e. The summed E-state index contributed by atoms with van der Waals surface area (Å²) >= 11 is 0. The van der Waals surface area contributed by atoms with Gasteiger partial charge in [-0.2, -0.15) is 0 Å². The van der Waals surface area contributed by atoms with Gasteiger partial charge in [0.2, 0.25) is 12.7 Å². The molecule has 1 amide bonds. The molecular weight excluding hydrogens is 284 g/mol. The van der Waals surface area contributed by atoms with Crippen molar-refractivity contribution in [3.8, 4) is 17.2 Å². The number of amides is 1. The molecule has 1 aromatic carbocycles. The lowest BCUT2D eigenvalue weighted by Gasteiger charge is -2.18. The van der Waals surface area contributed by atoms with E-state index in [0.717, 1.165) is 36.4 Å². The van der Waals surface area contributed by atoms with Gasteiger partial charge >= 0.3 is 0 Å². The number of hydrogen-bond acceptors (Lipinski definition) is 5. The van der Waals surface area contributed by atoms with Gasteiger partial charge in [0.05, 0.1) is 13.2 Å². The summed E-state index contributed by atoms with van der Waals surface area (Å²) in [6.07, 6.45) is 2.65. The van der Waals surface area contributed by atoms with Crippen molar-refractivity contribution >= 4 is 5.91 Å². The highest BCUT2D eigenvalue weighted by atomic mass is 16.7. The van der Waals surface area contributed by atoms with Gasteiger partial charge in [0.15, 0.2) is 11.5 Å². The number of nitrogens with one attached hydrogen (secondary N) is 2. The van der Waals surface area contributed by atoms with E-state index in [4.69, 9.17) is 14.2 Å². The Bertz CT molecular complexity index is 555. The first-order valence-corrected chi connectivity index (χ1v) is 7.67. The molecule has 2 unspecified atom stereocenters. The fourth-order valence-electron chi connectivity index (χ4n) is 2.95. The monoisotopic (exact) mass is 306 g/mol. The predicted molar refractivity (Wildman–Crippen MR) is 81.5 cm³/mol. The molecule has 6 heteroatoms.